The number of carbonyl (C=O) groups excluding carboxylic acids is 8. The number of nitrogens with zero attached hydrogens (tertiary/aromatic N) is 6. The maximum Gasteiger partial charge on any atom is 0.243 e. The average Bonchev–Trinajstić information content (AvgIpc) is 3.36. The van der Waals surface area contributed by atoms with Crippen molar-refractivity contribution in [1.82, 2.24) is 34.7 Å². The molecule has 1 fully saturated rings. The maximum absolute atomic E-state index is 15.0. The minimum atomic E-state index is -0.727. The zero-order valence-electron chi connectivity index (χ0n) is 41.1. The smallest absolute Gasteiger partial charge is 0.243 e. The van der Waals surface area contributed by atoms with Gasteiger partial charge in [0.25, 0.3) is 0 Å². The van der Waals surface area contributed by atoms with Crippen LogP contribution in [-0.2, 0) is 38.4 Å². The summed E-state index contributed by atoms with van der Waals surface area (Å²) in [6.45, 7) is 6.40. The second-order valence-corrected chi connectivity index (χ2v) is 17.8. The van der Waals surface area contributed by atoms with Crippen LogP contribution < -0.4 is 11.1 Å². The van der Waals surface area contributed by atoms with Gasteiger partial charge < -0.3 is 40.4 Å². The van der Waals surface area contributed by atoms with Gasteiger partial charge in [-0.1, -0.05) is 121 Å². The molecule has 0 spiro atoms. The molecular weight excluding hydrogens is 889 g/mol. The molecule has 1 aliphatic heterocycles. The van der Waals surface area contributed by atoms with Crippen molar-refractivity contribution in [2.24, 2.45) is 5.73 Å². The Balaban J connectivity index is 1.53. The summed E-state index contributed by atoms with van der Waals surface area (Å²) in [5.74, 6) is -4.02. The summed E-state index contributed by atoms with van der Waals surface area (Å²) >= 11 is 0. The molecule has 5 rings (SSSR count). The molecule has 3 N–H and O–H groups in total. The highest BCUT2D eigenvalue weighted by molar-refractivity contribution is 5.93. The lowest BCUT2D eigenvalue weighted by molar-refractivity contribution is -0.150. The van der Waals surface area contributed by atoms with Crippen LogP contribution in [0.1, 0.15) is 107 Å². The molecule has 16 nitrogen and oxygen atoms in total. The highest BCUT2D eigenvalue weighted by Crippen LogP contribution is 2.27. The van der Waals surface area contributed by atoms with E-state index in [1.807, 2.05) is 121 Å². The number of benzene rings is 4. The fourth-order valence-corrected chi connectivity index (χ4v) is 8.62. The molecule has 0 aromatic heterocycles. The molecule has 4 aromatic rings. The lowest BCUT2D eigenvalue weighted by Gasteiger charge is -2.37. The molecule has 0 saturated carbocycles. The number of primary amides is 1. The number of rotatable bonds is 14. The van der Waals surface area contributed by atoms with Crippen LogP contribution in [0.4, 0.5) is 0 Å². The summed E-state index contributed by atoms with van der Waals surface area (Å²) in [5, 5.41) is 2.90. The summed E-state index contributed by atoms with van der Waals surface area (Å²) in [6.07, 6.45) is 1.20. The zero-order valence-corrected chi connectivity index (χ0v) is 41.1. The van der Waals surface area contributed by atoms with Gasteiger partial charge >= 0.3 is 0 Å². The van der Waals surface area contributed by atoms with E-state index in [9.17, 15) is 38.4 Å². The second-order valence-electron chi connectivity index (χ2n) is 17.8. The summed E-state index contributed by atoms with van der Waals surface area (Å²) in [6, 6.07) is 34.1. The first kappa shape index (κ1) is 53.6. The third-order valence-electron chi connectivity index (χ3n) is 13.0. The van der Waals surface area contributed by atoms with Gasteiger partial charge in [0.05, 0.1) is 43.8 Å². The topological polar surface area (TPSA) is 194 Å². The summed E-state index contributed by atoms with van der Waals surface area (Å²) in [4.78, 5) is 120. The fourth-order valence-electron chi connectivity index (χ4n) is 8.62. The Kier molecular flexibility index (Phi) is 20.2. The Labute approximate surface area is 411 Å². The van der Waals surface area contributed by atoms with E-state index in [2.05, 4.69) is 5.32 Å². The third-order valence-corrected chi connectivity index (χ3v) is 13.0. The molecule has 0 radical (unpaired) electrons. The largest absolute Gasteiger partial charge is 0.368 e. The second kappa shape index (κ2) is 26.4. The van der Waals surface area contributed by atoms with Crippen molar-refractivity contribution < 1.29 is 38.4 Å². The highest BCUT2D eigenvalue weighted by atomic mass is 16.2. The van der Waals surface area contributed by atoms with Crippen molar-refractivity contribution in [1.29, 1.82) is 0 Å². The normalized spacial score (nSPS) is 16.7. The number of carbonyl (C=O) groups is 8. The lowest BCUT2D eigenvalue weighted by Crippen LogP contribution is -2.52. The SMILES string of the molecule is CC(=O)N1CCCC(=O)NCCCCN(CC(=O)N(CC(=O)N(CC(N)=O)[C@@H](C)c2ccccc2)[C@@H](C)c2ccccc2)C(=O)CN([C@@H](C)c2ccccc2)C(=O)CN([C@@H](C)c2ccccc2)C(=O)C1. The Bertz CT molecular complexity index is 2390. The molecule has 1 aliphatic rings. The molecule has 16 heteroatoms. The Morgan fingerprint density at radius 1 is 0.557 bits per heavy atom. The Morgan fingerprint density at radius 3 is 1.47 bits per heavy atom. The van der Waals surface area contributed by atoms with Crippen molar-refractivity contribution >= 4 is 47.3 Å². The minimum Gasteiger partial charge on any atom is -0.368 e. The Hall–Kier alpha value is -7.36. The van der Waals surface area contributed by atoms with E-state index in [1.54, 1.807) is 27.7 Å². The molecule has 8 amide bonds. The quantitative estimate of drug-likeness (QED) is 0.172. The van der Waals surface area contributed by atoms with Crippen molar-refractivity contribution in [2.75, 3.05) is 58.9 Å². The number of hydrogen-bond acceptors (Lipinski definition) is 8. The molecule has 1 heterocycles. The van der Waals surface area contributed by atoms with Crippen LogP contribution in [0.2, 0.25) is 0 Å². The van der Waals surface area contributed by atoms with E-state index >= 15 is 0 Å². The van der Waals surface area contributed by atoms with Gasteiger partial charge in [0.15, 0.2) is 0 Å². The third kappa shape index (κ3) is 15.3. The van der Waals surface area contributed by atoms with Crippen molar-refractivity contribution in [3.05, 3.63) is 144 Å². The first-order chi connectivity index (χ1) is 33.5. The van der Waals surface area contributed by atoms with Crippen molar-refractivity contribution in [2.45, 2.75) is 84.5 Å². The van der Waals surface area contributed by atoms with E-state index in [0.717, 1.165) is 22.3 Å². The van der Waals surface area contributed by atoms with Crippen LogP contribution >= 0.6 is 0 Å². The minimum absolute atomic E-state index is 0.0613. The van der Waals surface area contributed by atoms with Crippen molar-refractivity contribution in [3.8, 4) is 0 Å². The molecule has 0 unspecified atom stereocenters. The standard InChI is InChI=1S/C54H68N8O8/c1-39(44-21-10-6-11-22-44)59(33-48(55)64)53(69)37-62(42(4)47-27-16-9-17-28-47)52(68)35-58-31-19-18-30-56-49(65)29-20-32-57(43(5)63)34-51(67)61(41(3)46-25-14-8-15-26-46)38-54(70)60(36-50(58)66)40(2)45-23-12-7-13-24-45/h6-17,21-28,39-42H,18-20,29-38H2,1-5H3,(H2,55,64)(H,56,65)/t39-,40-,41-,42-/m0/s1. The molecule has 0 bridgehead atoms. The van der Waals surface area contributed by atoms with Crippen molar-refractivity contribution in [3.63, 3.8) is 0 Å². The number of amides is 8. The van der Waals surface area contributed by atoms with Crippen LogP contribution in [0, 0.1) is 0 Å². The lowest BCUT2D eigenvalue weighted by atomic mass is 10.0. The van der Waals surface area contributed by atoms with E-state index < -0.39 is 92.3 Å². The van der Waals surface area contributed by atoms with Gasteiger partial charge in [-0.25, -0.2) is 0 Å². The molecule has 1 saturated heterocycles. The van der Waals surface area contributed by atoms with E-state index in [1.165, 1.54) is 36.3 Å². The van der Waals surface area contributed by atoms with Gasteiger partial charge in [0.2, 0.25) is 47.3 Å². The first-order valence-electron chi connectivity index (χ1n) is 24.0. The summed E-state index contributed by atoms with van der Waals surface area (Å²) < 4.78 is 0. The number of nitrogens with one attached hydrogen (secondary N) is 1. The maximum atomic E-state index is 15.0. The molecular formula is C54H68N8O8. The van der Waals surface area contributed by atoms with Crippen LogP contribution in [0.15, 0.2) is 121 Å². The predicted octanol–water partition coefficient (Wildman–Crippen LogP) is 5.20. The zero-order chi connectivity index (χ0) is 50.7. The number of hydrogen-bond donors (Lipinski definition) is 2. The molecule has 4 atom stereocenters. The van der Waals surface area contributed by atoms with Gasteiger partial charge in [0, 0.05) is 33.0 Å². The van der Waals surface area contributed by atoms with E-state index in [4.69, 9.17) is 5.73 Å². The van der Waals surface area contributed by atoms with Gasteiger partial charge in [0.1, 0.15) is 19.6 Å². The monoisotopic (exact) mass is 957 g/mol. The molecule has 70 heavy (non-hydrogen) atoms. The van der Waals surface area contributed by atoms with Gasteiger partial charge in [-0.2, -0.15) is 0 Å². The molecule has 372 valence electrons. The summed E-state index contributed by atoms with van der Waals surface area (Å²) in [7, 11) is 0. The predicted molar refractivity (Wildman–Crippen MR) is 266 cm³/mol. The Morgan fingerprint density at radius 2 is 1.00 bits per heavy atom. The fraction of sp³-hybridized carbons (Fsp3) is 0.407. The average molecular weight is 957 g/mol. The number of nitrogens with two attached hydrogens (primary N) is 1. The van der Waals surface area contributed by atoms with Gasteiger partial charge in [-0.3, -0.25) is 38.4 Å². The first-order valence-corrected chi connectivity index (χ1v) is 24.0. The van der Waals surface area contributed by atoms with Gasteiger partial charge in [-0.05, 0) is 69.2 Å². The van der Waals surface area contributed by atoms with Gasteiger partial charge in [-0.15, -0.1) is 0 Å². The van der Waals surface area contributed by atoms with Crippen LogP contribution in [-0.4, -0.2) is 136 Å². The summed E-state index contributed by atoms with van der Waals surface area (Å²) in [5.41, 5.74) is 8.63. The van der Waals surface area contributed by atoms with E-state index in [-0.39, 0.29) is 44.4 Å². The van der Waals surface area contributed by atoms with E-state index in [0.29, 0.717) is 19.3 Å². The molecule has 4 aromatic carbocycles. The molecule has 0 aliphatic carbocycles. The van der Waals surface area contributed by atoms with Crippen LogP contribution in [0.3, 0.4) is 0 Å². The highest BCUT2D eigenvalue weighted by Gasteiger charge is 2.35. The van der Waals surface area contributed by atoms with Crippen LogP contribution in [0.25, 0.3) is 0 Å². The van der Waals surface area contributed by atoms with Crippen LogP contribution in [0.5, 0.6) is 0 Å².